The Morgan fingerprint density at radius 2 is 1.75 bits per heavy atom. The molecule has 5 heteroatoms. The lowest BCUT2D eigenvalue weighted by Crippen LogP contribution is -2.27. The van der Waals surface area contributed by atoms with E-state index in [0.717, 1.165) is 25.7 Å². The van der Waals surface area contributed by atoms with Crippen molar-refractivity contribution in [2.75, 3.05) is 20.6 Å². The van der Waals surface area contributed by atoms with E-state index < -0.39 is 5.97 Å². The third kappa shape index (κ3) is 8.23. The number of rotatable bonds is 3. The first kappa shape index (κ1) is 14.9. The number of carbonyl (C=O) groups is 2. The Labute approximate surface area is 96.6 Å². The van der Waals surface area contributed by atoms with Crippen molar-refractivity contribution in [1.82, 2.24) is 4.90 Å². The Morgan fingerprint density at radius 1 is 1.25 bits per heavy atom. The molecule has 1 aliphatic carbocycles. The first-order valence-electron chi connectivity index (χ1n) is 5.59. The lowest BCUT2D eigenvalue weighted by Gasteiger charge is -2.16. The van der Waals surface area contributed by atoms with Crippen molar-refractivity contribution < 1.29 is 14.7 Å². The summed E-state index contributed by atoms with van der Waals surface area (Å²) < 4.78 is 0. The lowest BCUT2D eigenvalue weighted by atomic mass is 9.90. The number of hydrogen-bond donors (Lipinski definition) is 2. The summed E-state index contributed by atoms with van der Waals surface area (Å²) in [5.41, 5.74) is 4.81. The second-order valence-electron chi connectivity index (χ2n) is 4.38. The van der Waals surface area contributed by atoms with E-state index in [4.69, 9.17) is 10.8 Å². The molecule has 1 saturated carbocycles. The zero-order valence-electron chi connectivity index (χ0n) is 10.1. The summed E-state index contributed by atoms with van der Waals surface area (Å²) in [5, 5.41) is 8.54. The fraction of sp³-hybridized carbons (Fsp3) is 0.818. The lowest BCUT2D eigenvalue weighted by molar-refractivity contribution is -0.142. The number of primary amides is 1. The quantitative estimate of drug-likeness (QED) is 0.747. The van der Waals surface area contributed by atoms with Crippen molar-refractivity contribution in [3.8, 4) is 0 Å². The van der Waals surface area contributed by atoms with Gasteiger partial charge in [0.25, 0.3) is 0 Å². The number of carboxylic acid groups (broad SMARTS) is 1. The predicted molar refractivity (Wildman–Crippen MR) is 62.0 cm³/mol. The van der Waals surface area contributed by atoms with Crippen LogP contribution in [0.25, 0.3) is 0 Å². The molecule has 0 aliphatic heterocycles. The van der Waals surface area contributed by atoms with E-state index in [9.17, 15) is 9.59 Å². The maximum absolute atomic E-state index is 10.4. The van der Waals surface area contributed by atoms with Crippen LogP contribution in [0.4, 0.5) is 0 Å². The number of carbonyl (C=O) groups excluding carboxylic acids is 1. The summed E-state index contributed by atoms with van der Waals surface area (Å²) in [4.78, 5) is 22.1. The number of nitrogens with two attached hydrogens (primary N) is 1. The first-order valence-corrected chi connectivity index (χ1v) is 5.59. The molecule has 0 bridgehead atoms. The van der Waals surface area contributed by atoms with Crippen LogP contribution in [0.1, 0.15) is 32.1 Å². The van der Waals surface area contributed by atoms with Gasteiger partial charge in [-0.2, -0.15) is 0 Å². The van der Waals surface area contributed by atoms with Crippen molar-refractivity contribution in [3.63, 3.8) is 0 Å². The average molecular weight is 230 g/mol. The van der Waals surface area contributed by atoms with Crippen LogP contribution >= 0.6 is 0 Å². The Hall–Kier alpha value is -1.10. The molecular weight excluding hydrogens is 208 g/mol. The van der Waals surface area contributed by atoms with Gasteiger partial charge in [0.05, 0.1) is 12.5 Å². The molecule has 0 spiro atoms. The SMILES string of the molecule is CN(C)CC(N)=O.O=C(O)C1CCCCC1. The molecule has 3 N–H and O–H groups in total. The predicted octanol–water partition coefficient (Wildman–Crippen LogP) is 0.685. The van der Waals surface area contributed by atoms with Gasteiger partial charge in [0.1, 0.15) is 0 Å². The molecule has 1 fully saturated rings. The van der Waals surface area contributed by atoms with Crippen LogP contribution in [0.5, 0.6) is 0 Å². The smallest absolute Gasteiger partial charge is 0.306 e. The third-order valence-electron chi connectivity index (χ3n) is 2.43. The second-order valence-corrected chi connectivity index (χ2v) is 4.38. The number of likely N-dealkylation sites (N-methyl/N-ethyl adjacent to an activating group) is 1. The summed E-state index contributed by atoms with van der Waals surface area (Å²) in [5.74, 6) is -0.918. The monoisotopic (exact) mass is 230 g/mol. The van der Waals surface area contributed by atoms with Gasteiger partial charge in [0.2, 0.25) is 5.91 Å². The van der Waals surface area contributed by atoms with Gasteiger partial charge >= 0.3 is 5.97 Å². The van der Waals surface area contributed by atoms with E-state index >= 15 is 0 Å². The highest BCUT2D eigenvalue weighted by Gasteiger charge is 2.19. The minimum atomic E-state index is -0.602. The van der Waals surface area contributed by atoms with Gasteiger partial charge in [0, 0.05) is 0 Å². The number of aliphatic carboxylic acids is 1. The van der Waals surface area contributed by atoms with Crippen LogP contribution in [0.2, 0.25) is 0 Å². The Morgan fingerprint density at radius 3 is 1.94 bits per heavy atom. The van der Waals surface area contributed by atoms with Gasteiger partial charge in [-0.05, 0) is 26.9 Å². The van der Waals surface area contributed by atoms with E-state index in [-0.39, 0.29) is 11.8 Å². The summed E-state index contributed by atoms with van der Waals surface area (Å²) >= 11 is 0. The van der Waals surface area contributed by atoms with Crippen molar-refractivity contribution in [3.05, 3.63) is 0 Å². The molecule has 1 amide bonds. The Kier molecular flexibility index (Phi) is 7.54. The molecule has 0 aromatic heterocycles. The van der Waals surface area contributed by atoms with Crippen LogP contribution in [0.3, 0.4) is 0 Å². The van der Waals surface area contributed by atoms with Crippen molar-refractivity contribution in [1.29, 1.82) is 0 Å². The van der Waals surface area contributed by atoms with Crippen LogP contribution in [0, 0.1) is 5.92 Å². The summed E-state index contributed by atoms with van der Waals surface area (Å²) in [6.07, 6.45) is 5.24. The number of hydrogen-bond acceptors (Lipinski definition) is 3. The first-order chi connectivity index (χ1) is 7.43. The van der Waals surface area contributed by atoms with Gasteiger partial charge < -0.3 is 15.7 Å². The van der Waals surface area contributed by atoms with Crippen molar-refractivity contribution in [2.45, 2.75) is 32.1 Å². The zero-order valence-corrected chi connectivity index (χ0v) is 10.1. The maximum Gasteiger partial charge on any atom is 0.306 e. The minimum absolute atomic E-state index is 0.0289. The standard InChI is InChI=1S/C7H12O2.C4H10N2O/c8-7(9)6-4-2-1-3-5-6;1-6(2)3-4(5)7/h6H,1-5H2,(H,8,9);3H2,1-2H3,(H2,5,7). The largest absolute Gasteiger partial charge is 0.481 e. The Bertz CT molecular complexity index is 223. The molecule has 16 heavy (non-hydrogen) atoms. The van der Waals surface area contributed by atoms with E-state index in [1.54, 1.807) is 19.0 Å². The van der Waals surface area contributed by atoms with Gasteiger partial charge in [-0.15, -0.1) is 0 Å². The molecule has 5 nitrogen and oxygen atoms in total. The molecular formula is C11H22N2O3. The van der Waals surface area contributed by atoms with E-state index in [1.807, 2.05) is 0 Å². The zero-order chi connectivity index (χ0) is 12.6. The summed E-state index contributed by atoms with van der Waals surface area (Å²) in [7, 11) is 3.59. The average Bonchev–Trinajstić information content (AvgIpc) is 2.17. The fourth-order valence-electron chi connectivity index (χ4n) is 1.66. The van der Waals surface area contributed by atoms with Crippen LogP contribution in [-0.2, 0) is 9.59 Å². The van der Waals surface area contributed by atoms with Gasteiger partial charge in [-0.3, -0.25) is 9.59 Å². The molecule has 0 saturated heterocycles. The normalized spacial score (nSPS) is 16.4. The summed E-state index contributed by atoms with van der Waals surface area (Å²) in [6, 6.07) is 0. The van der Waals surface area contributed by atoms with Crippen molar-refractivity contribution in [2.24, 2.45) is 11.7 Å². The minimum Gasteiger partial charge on any atom is -0.481 e. The van der Waals surface area contributed by atoms with Crippen LogP contribution < -0.4 is 5.73 Å². The molecule has 0 aromatic carbocycles. The van der Waals surface area contributed by atoms with E-state index in [0.29, 0.717) is 6.54 Å². The molecule has 1 rings (SSSR count). The molecule has 0 unspecified atom stereocenters. The topological polar surface area (TPSA) is 83.6 Å². The van der Waals surface area contributed by atoms with E-state index in [1.165, 1.54) is 6.42 Å². The fourth-order valence-corrected chi connectivity index (χ4v) is 1.66. The molecule has 0 heterocycles. The van der Waals surface area contributed by atoms with Crippen molar-refractivity contribution >= 4 is 11.9 Å². The molecule has 94 valence electrons. The molecule has 0 atom stereocenters. The number of nitrogens with zero attached hydrogens (tertiary/aromatic N) is 1. The second kappa shape index (κ2) is 8.10. The third-order valence-corrected chi connectivity index (χ3v) is 2.43. The molecule has 0 aromatic rings. The maximum atomic E-state index is 10.4. The highest BCUT2D eigenvalue weighted by Crippen LogP contribution is 2.23. The molecule has 1 aliphatic rings. The Balaban J connectivity index is 0.000000293. The summed E-state index contributed by atoms with van der Waals surface area (Å²) in [6.45, 7) is 0.333. The number of amides is 1. The van der Waals surface area contributed by atoms with E-state index in [2.05, 4.69) is 0 Å². The molecule has 0 radical (unpaired) electrons. The van der Waals surface area contributed by atoms with Gasteiger partial charge in [-0.25, -0.2) is 0 Å². The van der Waals surface area contributed by atoms with Crippen LogP contribution in [0.15, 0.2) is 0 Å². The van der Waals surface area contributed by atoms with Crippen LogP contribution in [-0.4, -0.2) is 42.5 Å². The van der Waals surface area contributed by atoms with Gasteiger partial charge in [0.15, 0.2) is 0 Å². The number of carboxylic acids is 1. The highest BCUT2D eigenvalue weighted by atomic mass is 16.4. The van der Waals surface area contributed by atoms with Gasteiger partial charge in [-0.1, -0.05) is 19.3 Å². The highest BCUT2D eigenvalue weighted by molar-refractivity contribution is 5.75.